The van der Waals surface area contributed by atoms with Crippen LogP contribution in [0, 0.1) is 11.3 Å². The number of hydrogen-bond acceptors (Lipinski definition) is 1. The molecule has 0 bridgehead atoms. The summed E-state index contributed by atoms with van der Waals surface area (Å²) in [6.07, 6.45) is 11.6. The molecule has 0 amide bonds. The number of alkyl halides is 1. The predicted molar refractivity (Wildman–Crippen MR) is 74.2 cm³/mol. The summed E-state index contributed by atoms with van der Waals surface area (Å²) in [5.41, 5.74) is 0.583. The molecule has 0 saturated heterocycles. The van der Waals surface area contributed by atoms with Gasteiger partial charge in [-0.3, -0.25) is 0 Å². The zero-order chi connectivity index (χ0) is 11.4. The third kappa shape index (κ3) is 3.73. The van der Waals surface area contributed by atoms with Gasteiger partial charge in [-0.25, -0.2) is 0 Å². The Morgan fingerprint density at radius 3 is 2.25 bits per heavy atom. The van der Waals surface area contributed by atoms with E-state index < -0.39 is 0 Å². The third-order valence-electron chi connectivity index (χ3n) is 4.32. The van der Waals surface area contributed by atoms with E-state index in [0.717, 1.165) is 5.92 Å². The van der Waals surface area contributed by atoms with Crippen LogP contribution in [0.2, 0.25) is 0 Å². The van der Waals surface area contributed by atoms with Gasteiger partial charge in [-0.2, -0.15) is 0 Å². The molecule has 2 fully saturated rings. The lowest BCUT2D eigenvalue weighted by Gasteiger charge is -2.35. The molecular weight excluding hydrogens is 262 g/mol. The maximum atomic E-state index is 3.79. The molecule has 0 aromatic rings. The van der Waals surface area contributed by atoms with E-state index in [1.165, 1.54) is 69.8 Å². The molecule has 94 valence electrons. The normalized spacial score (nSPS) is 25.7. The van der Waals surface area contributed by atoms with Gasteiger partial charge < -0.3 is 4.90 Å². The number of nitrogens with zero attached hydrogens (tertiary/aromatic N) is 1. The Hall–Kier alpha value is 0.440. The highest BCUT2D eigenvalue weighted by molar-refractivity contribution is 9.09. The molecule has 0 aliphatic heterocycles. The summed E-state index contributed by atoms with van der Waals surface area (Å²) in [4.78, 5) is 2.60. The molecule has 0 N–H and O–H groups in total. The Morgan fingerprint density at radius 2 is 1.75 bits per heavy atom. The monoisotopic (exact) mass is 287 g/mol. The Morgan fingerprint density at radius 1 is 1.12 bits per heavy atom. The second kappa shape index (κ2) is 5.86. The zero-order valence-electron chi connectivity index (χ0n) is 10.7. The van der Waals surface area contributed by atoms with Crippen molar-refractivity contribution in [3.8, 4) is 0 Å². The molecule has 0 atom stereocenters. The molecule has 0 heterocycles. The Bertz CT molecular complexity index is 205. The summed E-state index contributed by atoms with van der Waals surface area (Å²) in [6, 6.07) is 0. The van der Waals surface area contributed by atoms with E-state index in [1.54, 1.807) is 0 Å². The standard InChI is InChI=1S/C14H26BrN/c1-16(10-13-6-7-13)12-14(11-15)8-4-2-3-5-9-14/h13H,2-12H2,1H3. The van der Waals surface area contributed by atoms with Crippen molar-refractivity contribution in [3.05, 3.63) is 0 Å². The van der Waals surface area contributed by atoms with Crippen LogP contribution < -0.4 is 0 Å². The molecule has 0 unspecified atom stereocenters. The fourth-order valence-corrected chi connectivity index (χ4v) is 3.93. The Kier molecular flexibility index (Phi) is 4.72. The van der Waals surface area contributed by atoms with Crippen LogP contribution in [0.4, 0.5) is 0 Å². The molecule has 16 heavy (non-hydrogen) atoms. The van der Waals surface area contributed by atoms with Gasteiger partial charge in [-0.05, 0) is 44.1 Å². The quantitative estimate of drug-likeness (QED) is 0.544. The second-order valence-electron chi connectivity index (χ2n) is 6.19. The molecule has 2 aliphatic carbocycles. The van der Waals surface area contributed by atoms with E-state index in [9.17, 15) is 0 Å². The topological polar surface area (TPSA) is 3.24 Å². The molecule has 0 radical (unpaired) electrons. The lowest BCUT2D eigenvalue weighted by Crippen LogP contribution is -2.37. The van der Waals surface area contributed by atoms with Crippen molar-refractivity contribution in [1.82, 2.24) is 4.90 Å². The first-order chi connectivity index (χ1) is 7.74. The summed E-state index contributed by atoms with van der Waals surface area (Å²) in [7, 11) is 2.33. The van der Waals surface area contributed by atoms with Gasteiger partial charge in [0, 0.05) is 18.4 Å². The average Bonchev–Trinajstić information content (AvgIpc) is 3.06. The fourth-order valence-electron chi connectivity index (χ4n) is 3.19. The van der Waals surface area contributed by atoms with Gasteiger partial charge in [-0.1, -0.05) is 41.6 Å². The van der Waals surface area contributed by atoms with Gasteiger partial charge in [0.05, 0.1) is 0 Å². The van der Waals surface area contributed by atoms with Crippen molar-refractivity contribution in [1.29, 1.82) is 0 Å². The van der Waals surface area contributed by atoms with Crippen LogP contribution in [0.5, 0.6) is 0 Å². The summed E-state index contributed by atoms with van der Waals surface area (Å²) < 4.78 is 0. The van der Waals surface area contributed by atoms with Crippen molar-refractivity contribution < 1.29 is 0 Å². The van der Waals surface area contributed by atoms with E-state index in [1.807, 2.05) is 0 Å². The van der Waals surface area contributed by atoms with E-state index in [0.29, 0.717) is 5.41 Å². The Labute approximate surface area is 109 Å². The zero-order valence-corrected chi connectivity index (χ0v) is 12.3. The van der Waals surface area contributed by atoms with Crippen molar-refractivity contribution in [3.63, 3.8) is 0 Å². The van der Waals surface area contributed by atoms with Gasteiger partial charge in [0.25, 0.3) is 0 Å². The van der Waals surface area contributed by atoms with Crippen LogP contribution >= 0.6 is 15.9 Å². The summed E-state index contributed by atoms with van der Waals surface area (Å²) in [5, 5.41) is 1.20. The van der Waals surface area contributed by atoms with Crippen molar-refractivity contribution in [2.75, 3.05) is 25.5 Å². The molecule has 0 spiro atoms. The first-order valence-electron chi connectivity index (χ1n) is 6.99. The smallest absolute Gasteiger partial charge is 0.0100 e. The summed E-state index contributed by atoms with van der Waals surface area (Å²) in [5.74, 6) is 1.03. The van der Waals surface area contributed by atoms with Crippen molar-refractivity contribution in [2.24, 2.45) is 11.3 Å². The summed E-state index contributed by atoms with van der Waals surface area (Å²) in [6.45, 7) is 2.66. The molecule has 2 aliphatic rings. The molecule has 2 rings (SSSR count). The van der Waals surface area contributed by atoms with Crippen LogP contribution in [0.3, 0.4) is 0 Å². The Balaban J connectivity index is 1.85. The number of hydrogen-bond donors (Lipinski definition) is 0. The van der Waals surface area contributed by atoms with Gasteiger partial charge in [0.15, 0.2) is 0 Å². The highest BCUT2D eigenvalue weighted by Gasteiger charge is 2.32. The highest BCUT2D eigenvalue weighted by atomic mass is 79.9. The van der Waals surface area contributed by atoms with E-state index in [2.05, 4.69) is 27.9 Å². The maximum Gasteiger partial charge on any atom is 0.0100 e. The van der Waals surface area contributed by atoms with Crippen molar-refractivity contribution in [2.45, 2.75) is 51.4 Å². The first-order valence-corrected chi connectivity index (χ1v) is 8.11. The number of halogens is 1. The minimum absolute atomic E-state index is 0.583. The lowest BCUT2D eigenvalue weighted by atomic mass is 9.82. The third-order valence-corrected chi connectivity index (χ3v) is 5.51. The average molecular weight is 288 g/mol. The fraction of sp³-hybridized carbons (Fsp3) is 1.00. The lowest BCUT2D eigenvalue weighted by molar-refractivity contribution is 0.171. The highest BCUT2D eigenvalue weighted by Crippen LogP contribution is 2.38. The molecule has 0 aromatic carbocycles. The van der Waals surface area contributed by atoms with Gasteiger partial charge in [0.2, 0.25) is 0 Å². The van der Waals surface area contributed by atoms with Crippen LogP contribution in [0.15, 0.2) is 0 Å². The van der Waals surface area contributed by atoms with Crippen LogP contribution in [-0.2, 0) is 0 Å². The predicted octanol–water partition coefficient (Wildman–Crippen LogP) is 4.06. The van der Waals surface area contributed by atoms with Crippen LogP contribution in [0.25, 0.3) is 0 Å². The number of rotatable bonds is 5. The first kappa shape index (κ1) is 12.9. The van der Waals surface area contributed by atoms with Crippen LogP contribution in [-0.4, -0.2) is 30.4 Å². The minimum Gasteiger partial charge on any atom is -0.306 e. The van der Waals surface area contributed by atoms with E-state index in [4.69, 9.17) is 0 Å². The van der Waals surface area contributed by atoms with E-state index >= 15 is 0 Å². The van der Waals surface area contributed by atoms with Crippen LogP contribution in [0.1, 0.15) is 51.4 Å². The SMILES string of the molecule is CN(CC1CC1)CC1(CBr)CCCCCC1. The van der Waals surface area contributed by atoms with Gasteiger partial charge in [-0.15, -0.1) is 0 Å². The molecule has 2 heteroatoms. The maximum absolute atomic E-state index is 3.79. The van der Waals surface area contributed by atoms with Gasteiger partial charge in [0.1, 0.15) is 0 Å². The minimum atomic E-state index is 0.583. The van der Waals surface area contributed by atoms with E-state index in [-0.39, 0.29) is 0 Å². The molecule has 2 saturated carbocycles. The molecule has 1 nitrogen and oxygen atoms in total. The van der Waals surface area contributed by atoms with Gasteiger partial charge >= 0.3 is 0 Å². The summed E-state index contributed by atoms with van der Waals surface area (Å²) >= 11 is 3.79. The molecular formula is C14H26BrN. The van der Waals surface area contributed by atoms with Crippen molar-refractivity contribution >= 4 is 15.9 Å². The largest absolute Gasteiger partial charge is 0.306 e. The second-order valence-corrected chi connectivity index (χ2v) is 6.75. The molecule has 0 aromatic heterocycles.